The maximum absolute atomic E-state index is 13.0. The van der Waals surface area contributed by atoms with Crippen LogP contribution in [-0.2, 0) is 11.8 Å². The standard InChI is InChI=1S/C21H28N4O2/c1-23-15-18(14-22-23)25-11-5-8-20(21(25)26)24-12-9-17(10-13-24)16-27-19-6-3-2-4-7-19/h2-4,6-7,14-15,17,20H,5,8-13,16H2,1H3/t20-/m0/s1. The number of aromatic nitrogens is 2. The Morgan fingerprint density at radius 3 is 2.59 bits per heavy atom. The van der Waals surface area contributed by atoms with Crippen LogP contribution < -0.4 is 9.64 Å². The Balaban J connectivity index is 1.30. The zero-order valence-electron chi connectivity index (χ0n) is 16.0. The van der Waals surface area contributed by atoms with Crippen molar-refractivity contribution in [1.82, 2.24) is 14.7 Å². The Bertz CT molecular complexity index is 753. The van der Waals surface area contributed by atoms with Crippen molar-refractivity contribution in [1.29, 1.82) is 0 Å². The van der Waals surface area contributed by atoms with Crippen molar-refractivity contribution >= 4 is 11.6 Å². The summed E-state index contributed by atoms with van der Waals surface area (Å²) in [6, 6.07) is 10.0. The maximum Gasteiger partial charge on any atom is 0.244 e. The number of anilines is 1. The molecule has 0 N–H and O–H groups in total. The van der Waals surface area contributed by atoms with Crippen LogP contribution in [0.3, 0.4) is 0 Å². The summed E-state index contributed by atoms with van der Waals surface area (Å²) in [6.45, 7) is 3.50. The van der Waals surface area contributed by atoms with Gasteiger partial charge in [0.1, 0.15) is 5.75 Å². The number of rotatable bonds is 5. The molecule has 2 aliphatic rings. The Morgan fingerprint density at radius 2 is 1.89 bits per heavy atom. The molecule has 0 saturated carbocycles. The minimum Gasteiger partial charge on any atom is -0.493 e. The molecule has 6 nitrogen and oxygen atoms in total. The summed E-state index contributed by atoms with van der Waals surface area (Å²) in [6.07, 6.45) is 7.89. The number of aryl methyl sites for hydroxylation is 1. The molecule has 6 heteroatoms. The van der Waals surface area contributed by atoms with Gasteiger partial charge in [0, 0.05) is 19.8 Å². The zero-order valence-corrected chi connectivity index (χ0v) is 16.0. The van der Waals surface area contributed by atoms with Gasteiger partial charge in [0.25, 0.3) is 0 Å². The van der Waals surface area contributed by atoms with Crippen molar-refractivity contribution in [2.45, 2.75) is 31.7 Å². The number of hydrogen-bond donors (Lipinski definition) is 0. The van der Waals surface area contributed by atoms with Crippen LogP contribution in [0.2, 0.25) is 0 Å². The zero-order chi connectivity index (χ0) is 18.6. The summed E-state index contributed by atoms with van der Waals surface area (Å²) >= 11 is 0. The lowest BCUT2D eigenvalue weighted by Crippen LogP contribution is -2.54. The number of para-hydroxylation sites is 1. The molecule has 3 heterocycles. The first-order chi connectivity index (χ1) is 13.2. The summed E-state index contributed by atoms with van der Waals surface area (Å²) < 4.78 is 7.68. The average Bonchev–Trinajstić information content (AvgIpc) is 3.14. The smallest absolute Gasteiger partial charge is 0.244 e. The SMILES string of the molecule is Cn1cc(N2CCC[C@H](N3CCC(COc4ccccc4)CC3)C2=O)cn1. The molecule has 1 aromatic carbocycles. The first-order valence-electron chi connectivity index (χ1n) is 9.92. The number of hydrogen-bond acceptors (Lipinski definition) is 4. The van der Waals surface area contributed by atoms with Gasteiger partial charge in [-0.3, -0.25) is 14.4 Å². The largest absolute Gasteiger partial charge is 0.493 e. The number of likely N-dealkylation sites (tertiary alicyclic amines) is 1. The highest BCUT2D eigenvalue weighted by Crippen LogP contribution is 2.27. The van der Waals surface area contributed by atoms with E-state index in [0.717, 1.165) is 63.4 Å². The molecule has 1 atom stereocenters. The van der Waals surface area contributed by atoms with Gasteiger partial charge in [0.15, 0.2) is 0 Å². The van der Waals surface area contributed by atoms with Gasteiger partial charge in [-0.2, -0.15) is 5.10 Å². The van der Waals surface area contributed by atoms with Crippen LogP contribution in [0, 0.1) is 5.92 Å². The Morgan fingerprint density at radius 1 is 1.11 bits per heavy atom. The second-order valence-corrected chi connectivity index (χ2v) is 7.62. The normalized spacial score (nSPS) is 22.2. The summed E-state index contributed by atoms with van der Waals surface area (Å²) in [4.78, 5) is 17.3. The van der Waals surface area contributed by atoms with Gasteiger partial charge in [0.2, 0.25) is 5.91 Å². The summed E-state index contributed by atoms with van der Waals surface area (Å²) in [5.41, 5.74) is 0.915. The van der Waals surface area contributed by atoms with Gasteiger partial charge in [-0.15, -0.1) is 0 Å². The lowest BCUT2D eigenvalue weighted by atomic mass is 9.94. The molecule has 2 aliphatic heterocycles. The number of carbonyl (C=O) groups excluding carboxylic acids is 1. The number of amides is 1. The highest BCUT2D eigenvalue weighted by atomic mass is 16.5. The molecular weight excluding hydrogens is 340 g/mol. The fourth-order valence-corrected chi connectivity index (χ4v) is 4.16. The van der Waals surface area contributed by atoms with Crippen molar-refractivity contribution in [3.05, 3.63) is 42.7 Å². The molecule has 4 rings (SSSR count). The van der Waals surface area contributed by atoms with Crippen LogP contribution in [0.4, 0.5) is 5.69 Å². The molecule has 0 bridgehead atoms. The molecular formula is C21H28N4O2. The highest BCUT2D eigenvalue weighted by molar-refractivity contribution is 5.97. The van der Waals surface area contributed by atoms with Crippen molar-refractivity contribution in [3.63, 3.8) is 0 Å². The molecule has 2 aromatic rings. The fraction of sp³-hybridized carbons (Fsp3) is 0.524. The van der Waals surface area contributed by atoms with Crippen LogP contribution in [-0.4, -0.2) is 52.9 Å². The van der Waals surface area contributed by atoms with E-state index < -0.39 is 0 Å². The lowest BCUT2D eigenvalue weighted by molar-refractivity contribution is -0.126. The summed E-state index contributed by atoms with van der Waals surface area (Å²) in [5, 5.41) is 4.21. The third kappa shape index (κ3) is 4.16. The van der Waals surface area contributed by atoms with Crippen molar-refractivity contribution in [3.8, 4) is 5.75 Å². The Labute approximate surface area is 160 Å². The quantitative estimate of drug-likeness (QED) is 0.814. The third-order valence-electron chi connectivity index (χ3n) is 5.73. The number of carbonyl (C=O) groups is 1. The van der Waals surface area contributed by atoms with E-state index in [2.05, 4.69) is 10.00 Å². The topological polar surface area (TPSA) is 50.6 Å². The van der Waals surface area contributed by atoms with Gasteiger partial charge < -0.3 is 9.64 Å². The van der Waals surface area contributed by atoms with Gasteiger partial charge in [-0.25, -0.2) is 0 Å². The predicted molar refractivity (Wildman–Crippen MR) is 105 cm³/mol. The van der Waals surface area contributed by atoms with Crippen LogP contribution in [0.25, 0.3) is 0 Å². The van der Waals surface area contributed by atoms with E-state index in [4.69, 9.17) is 4.74 Å². The molecule has 0 aliphatic carbocycles. The highest BCUT2D eigenvalue weighted by Gasteiger charge is 2.36. The number of nitrogens with zero attached hydrogens (tertiary/aromatic N) is 4. The number of piperidine rings is 2. The third-order valence-corrected chi connectivity index (χ3v) is 5.73. The molecule has 0 unspecified atom stereocenters. The molecule has 0 spiro atoms. The number of benzene rings is 1. The van der Waals surface area contributed by atoms with Crippen LogP contribution in [0.15, 0.2) is 42.7 Å². The molecule has 1 aromatic heterocycles. The van der Waals surface area contributed by atoms with E-state index >= 15 is 0 Å². The van der Waals surface area contributed by atoms with E-state index in [-0.39, 0.29) is 11.9 Å². The lowest BCUT2D eigenvalue weighted by Gasteiger charge is -2.41. The van der Waals surface area contributed by atoms with Gasteiger partial charge in [0.05, 0.1) is 24.5 Å². The van der Waals surface area contributed by atoms with Crippen LogP contribution in [0.1, 0.15) is 25.7 Å². The van der Waals surface area contributed by atoms with E-state index in [9.17, 15) is 4.79 Å². The Hall–Kier alpha value is -2.34. The van der Waals surface area contributed by atoms with E-state index in [1.807, 2.05) is 48.5 Å². The molecule has 1 amide bonds. The van der Waals surface area contributed by atoms with E-state index in [1.54, 1.807) is 10.9 Å². The fourth-order valence-electron chi connectivity index (χ4n) is 4.16. The van der Waals surface area contributed by atoms with Gasteiger partial charge in [-0.1, -0.05) is 18.2 Å². The minimum atomic E-state index is 0.00921. The number of ether oxygens (including phenoxy) is 1. The summed E-state index contributed by atoms with van der Waals surface area (Å²) in [5.74, 6) is 1.73. The Kier molecular flexibility index (Phi) is 5.43. The molecule has 0 radical (unpaired) electrons. The minimum absolute atomic E-state index is 0.00921. The van der Waals surface area contributed by atoms with Crippen molar-refractivity contribution in [2.24, 2.45) is 13.0 Å². The maximum atomic E-state index is 13.0. The molecule has 2 saturated heterocycles. The molecule has 144 valence electrons. The van der Waals surface area contributed by atoms with E-state index in [1.165, 1.54) is 0 Å². The molecule has 27 heavy (non-hydrogen) atoms. The van der Waals surface area contributed by atoms with Crippen LogP contribution in [0.5, 0.6) is 5.75 Å². The van der Waals surface area contributed by atoms with Crippen molar-refractivity contribution < 1.29 is 9.53 Å². The second kappa shape index (κ2) is 8.13. The van der Waals surface area contributed by atoms with Gasteiger partial charge >= 0.3 is 0 Å². The van der Waals surface area contributed by atoms with Gasteiger partial charge in [-0.05, 0) is 56.8 Å². The van der Waals surface area contributed by atoms with E-state index in [0.29, 0.717) is 5.92 Å². The van der Waals surface area contributed by atoms with Crippen LogP contribution >= 0.6 is 0 Å². The average molecular weight is 368 g/mol. The monoisotopic (exact) mass is 368 g/mol. The summed E-state index contributed by atoms with van der Waals surface area (Å²) in [7, 11) is 1.89. The second-order valence-electron chi connectivity index (χ2n) is 7.62. The first-order valence-corrected chi connectivity index (χ1v) is 9.92. The first kappa shape index (κ1) is 18.0. The molecule has 2 fully saturated rings. The predicted octanol–water partition coefficient (Wildman–Crippen LogP) is 2.71. The van der Waals surface area contributed by atoms with Crippen molar-refractivity contribution in [2.75, 3.05) is 31.1 Å².